The number of aryl methyl sites for hydroxylation is 1. The van der Waals surface area contributed by atoms with Crippen molar-refractivity contribution in [3.63, 3.8) is 0 Å². The van der Waals surface area contributed by atoms with Gasteiger partial charge < -0.3 is 10.4 Å². The topological polar surface area (TPSA) is 32.3 Å². The van der Waals surface area contributed by atoms with Gasteiger partial charge in [-0.1, -0.05) is 52.0 Å². The Morgan fingerprint density at radius 3 is 2.32 bits per heavy atom. The van der Waals surface area contributed by atoms with Crippen LogP contribution >= 0.6 is 0 Å². The molecule has 1 saturated heterocycles. The molecule has 2 heteroatoms. The lowest BCUT2D eigenvalue weighted by molar-refractivity contribution is 0.0502. The molecule has 4 unspecified atom stereocenters. The van der Waals surface area contributed by atoms with Gasteiger partial charge in [-0.3, -0.25) is 0 Å². The first-order valence-corrected chi connectivity index (χ1v) is 7.36. The molecular formula is C17H27NO. The zero-order valence-corrected chi connectivity index (χ0v) is 12.8. The molecule has 1 heterocycles. The van der Waals surface area contributed by atoms with Crippen molar-refractivity contribution in [2.45, 2.75) is 59.2 Å². The Hall–Kier alpha value is -0.860. The van der Waals surface area contributed by atoms with Gasteiger partial charge in [0.2, 0.25) is 0 Å². The fraction of sp³-hybridized carbons (Fsp3) is 0.647. The number of hydrogen-bond donors (Lipinski definition) is 2. The molecule has 0 aliphatic carbocycles. The SMILES string of the molecule is CCC1NC(c2ccccc2C)C(O)C1C(C)(C)C. The Kier molecular flexibility index (Phi) is 4.03. The minimum Gasteiger partial charge on any atom is -0.391 e. The number of benzene rings is 1. The van der Waals surface area contributed by atoms with Crippen molar-refractivity contribution in [3.05, 3.63) is 35.4 Å². The molecule has 0 saturated carbocycles. The van der Waals surface area contributed by atoms with Crippen molar-refractivity contribution < 1.29 is 5.11 Å². The summed E-state index contributed by atoms with van der Waals surface area (Å²) in [6.07, 6.45) is 0.743. The molecule has 2 rings (SSSR count). The Morgan fingerprint density at radius 1 is 1.21 bits per heavy atom. The largest absolute Gasteiger partial charge is 0.391 e. The molecule has 106 valence electrons. The van der Waals surface area contributed by atoms with Crippen molar-refractivity contribution in [1.82, 2.24) is 5.32 Å². The van der Waals surface area contributed by atoms with Gasteiger partial charge >= 0.3 is 0 Å². The number of nitrogens with one attached hydrogen (secondary N) is 1. The van der Waals surface area contributed by atoms with Gasteiger partial charge in [0.25, 0.3) is 0 Å². The van der Waals surface area contributed by atoms with Crippen LogP contribution in [0.4, 0.5) is 0 Å². The third-order valence-electron chi connectivity index (χ3n) is 4.50. The van der Waals surface area contributed by atoms with Gasteiger partial charge in [0.15, 0.2) is 0 Å². The Bertz CT molecular complexity index is 435. The normalized spacial score (nSPS) is 31.7. The summed E-state index contributed by atoms with van der Waals surface area (Å²) in [5.74, 6) is 0.294. The molecule has 1 fully saturated rings. The summed E-state index contributed by atoms with van der Waals surface area (Å²) in [5, 5.41) is 14.5. The summed E-state index contributed by atoms with van der Waals surface area (Å²) in [6.45, 7) is 11.0. The van der Waals surface area contributed by atoms with Gasteiger partial charge in [-0.15, -0.1) is 0 Å². The second-order valence-electron chi connectivity index (χ2n) is 6.90. The third-order valence-corrected chi connectivity index (χ3v) is 4.50. The van der Waals surface area contributed by atoms with E-state index >= 15 is 0 Å². The van der Waals surface area contributed by atoms with Crippen molar-refractivity contribution >= 4 is 0 Å². The van der Waals surface area contributed by atoms with E-state index in [0.29, 0.717) is 12.0 Å². The molecule has 1 aromatic carbocycles. The van der Waals surface area contributed by atoms with Crippen LogP contribution in [-0.4, -0.2) is 17.3 Å². The maximum absolute atomic E-state index is 10.8. The van der Waals surface area contributed by atoms with Crippen molar-refractivity contribution in [1.29, 1.82) is 0 Å². The lowest BCUT2D eigenvalue weighted by atomic mass is 9.73. The zero-order chi connectivity index (χ0) is 14.2. The summed E-state index contributed by atoms with van der Waals surface area (Å²) >= 11 is 0. The van der Waals surface area contributed by atoms with Crippen LogP contribution in [0.2, 0.25) is 0 Å². The van der Waals surface area contributed by atoms with Crippen LogP contribution in [-0.2, 0) is 0 Å². The minimum absolute atomic E-state index is 0.0652. The fourth-order valence-corrected chi connectivity index (χ4v) is 3.58. The number of rotatable bonds is 2. The van der Waals surface area contributed by atoms with Crippen molar-refractivity contribution in [2.75, 3.05) is 0 Å². The molecule has 2 N–H and O–H groups in total. The molecule has 2 nitrogen and oxygen atoms in total. The molecule has 1 aromatic rings. The molecule has 1 aliphatic heterocycles. The lowest BCUT2D eigenvalue weighted by Gasteiger charge is -2.33. The molecule has 0 spiro atoms. The molecule has 0 amide bonds. The molecule has 0 bridgehead atoms. The highest BCUT2D eigenvalue weighted by molar-refractivity contribution is 5.31. The number of aliphatic hydroxyl groups excluding tert-OH is 1. The third kappa shape index (κ3) is 2.70. The lowest BCUT2D eigenvalue weighted by Crippen LogP contribution is -2.37. The van der Waals surface area contributed by atoms with Gasteiger partial charge in [0.05, 0.1) is 12.1 Å². The molecule has 0 radical (unpaired) electrons. The average molecular weight is 261 g/mol. The van der Waals surface area contributed by atoms with E-state index in [1.165, 1.54) is 11.1 Å². The fourth-order valence-electron chi connectivity index (χ4n) is 3.58. The summed E-state index contributed by atoms with van der Waals surface area (Å²) in [6, 6.07) is 8.82. The van der Waals surface area contributed by atoms with E-state index < -0.39 is 0 Å². The van der Waals surface area contributed by atoms with Crippen LogP contribution in [0.15, 0.2) is 24.3 Å². The van der Waals surface area contributed by atoms with E-state index in [-0.39, 0.29) is 17.6 Å². The van der Waals surface area contributed by atoms with Crippen LogP contribution in [0.3, 0.4) is 0 Å². The van der Waals surface area contributed by atoms with Gasteiger partial charge in [0, 0.05) is 12.0 Å². The minimum atomic E-state index is -0.314. The van der Waals surface area contributed by atoms with Crippen LogP contribution in [0.5, 0.6) is 0 Å². The van der Waals surface area contributed by atoms with Crippen molar-refractivity contribution in [2.24, 2.45) is 11.3 Å². The van der Waals surface area contributed by atoms with E-state index in [9.17, 15) is 5.11 Å². The first-order chi connectivity index (χ1) is 8.86. The highest BCUT2D eigenvalue weighted by Gasteiger charge is 2.47. The maximum Gasteiger partial charge on any atom is 0.0783 e. The highest BCUT2D eigenvalue weighted by atomic mass is 16.3. The number of aliphatic hydroxyl groups is 1. The molecular weight excluding hydrogens is 234 g/mol. The van der Waals surface area contributed by atoms with Gasteiger partial charge in [-0.05, 0) is 29.9 Å². The Morgan fingerprint density at radius 2 is 1.84 bits per heavy atom. The summed E-state index contributed by atoms with van der Waals surface area (Å²) < 4.78 is 0. The zero-order valence-electron chi connectivity index (χ0n) is 12.8. The second-order valence-corrected chi connectivity index (χ2v) is 6.90. The van der Waals surface area contributed by atoms with Crippen LogP contribution < -0.4 is 5.32 Å². The maximum atomic E-state index is 10.8. The first kappa shape index (κ1) is 14.5. The molecule has 19 heavy (non-hydrogen) atoms. The predicted octanol–water partition coefficient (Wildman–Crippen LogP) is 3.44. The summed E-state index contributed by atoms with van der Waals surface area (Å²) in [5.41, 5.74) is 2.61. The quantitative estimate of drug-likeness (QED) is 0.854. The van der Waals surface area contributed by atoms with Gasteiger partial charge in [-0.25, -0.2) is 0 Å². The second kappa shape index (κ2) is 5.26. The summed E-state index contributed by atoms with van der Waals surface area (Å²) in [7, 11) is 0. The van der Waals surface area contributed by atoms with Crippen LogP contribution in [0, 0.1) is 18.3 Å². The molecule has 4 atom stereocenters. The van der Waals surface area contributed by atoms with Gasteiger partial charge in [0.1, 0.15) is 0 Å². The van der Waals surface area contributed by atoms with E-state index in [1.54, 1.807) is 0 Å². The number of hydrogen-bond acceptors (Lipinski definition) is 2. The van der Waals surface area contributed by atoms with E-state index in [0.717, 1.165) is 6.42 Å². The molecule has 1 aliphatic rings. The Balaban J connectivity index is 2.33. The standard InChI is InChI=1S/C17H27NO/c1-6-13-14(17(3,4)5)16(19)15(18-13)12-10-8-7-9-11(12)2/h7-10,13-16,18-19H,6H2,1-5H3. The van der Waals surface area contributed by atoms with Crippen LogP contribution in [0.25, 0.3) is 0 Å². The smallest absolute Gasteiger partial charge is 0.0783 e. The average Bonchev–Trinajstić information content (AvgIpc) is 2.66. The van der Waals surface area contributed by atoms with E-state index in [1.807, 2.05) is 0 Å². The monoisotopic (exact) mass is 261 g/mol. The van der Waals surface area contributed by atoms with Gasteiger partial charge in [-0.2, -0.15) is 0 Å². The first-order valence-electron chi connectivity index (χ1n) is 7.36. The van der Waals surface area contributed by atoms with E-state index in [4.69, 9.17) is 0 Å². The van der Waals surface area contributed by atoms with Crippen molar-refractivity contribution in [3.8, 4) is 0 Å². The van der Waals surface area contributed by atoms with Crippen LogP contribution in [0.1, 0.15) is 51.3 Å². The highest BCUT2D eigenvalue weighted by Crippen LogP contribution is 2.43. The molecule has 0 aromatic heterocycles. The predicted molar refractivity (Wildman–Crippen MR) is 80.1 cm³/mol. The summed E-state index contributed by atoms with van der Waals surface area (Å²) in [4.78, 5) is 0. The van der Waals surface area contributed by atoms with E-state index in [2.05, 4.69) is 64.2 Å². The Labute approximate surface area is 117 Å².